The van der Waals surface area contributed by atoms with Gasteiger partial charge >= 0.3 is 0 Å². The maximum absolute atomic E-state index is 13.0. The summed E-state index contributed by atoms with van der Waals surface area (Å²) in [5.74, 6) is -0.478. The predicted octanol–water partition coefficient (Wildman–Crippen LogP) is 2.61. The quantitative estimate of drug-likeness (QED) is 0.571. The van der Waals surface area contributed by atoms with Gasteiger partial charge in [-0.2, -0.15) is 5.26 Å². The van der Waals surface area contributed by atoms with Crippen LogP contribution in [0.15, 0.2) is 48.5 Å². The number of nitrogen functional groups attached to an aromatic ring is 1. The molecule has 0 spiro atoms. The van der Waals surface area contributed by atoms with E-state index in [2.05, 4.69) is 21.4 Å². The van der Waals surface area contributed by atoms with E-state index >= 15 is 0 Å². The Hall–Kier alpha value is -3.99. The van der Waals surface area contributed by atoms with Gasteiger partial charge in [0, 0.05) is 18.7 Å². The van der Waals surface area contributed by atoms with Crippen LogP contribution >= 0.6 is 0 Å². The van der Waals surface area contributed by atoms with Crippen LogP contribution in [0.2, 0.25) is 0 Å². The number of nitriles is 1. The first-order valence-electron chi connectivity index (χ1n) is 8.57. The highest BCUT2D eigenvalue weighted by atomic mass is 19.1. The zero-order valence-corrected chi connectivity index (χ0v) is 14.7. The molecule has 4 aromatic rings. The normalized spacial score (nSPS) is 10.9. The number of halogens is 1. The summed E-state index contributed by atoms with van der Waals surface area (Å²) in [5.41, 5.74) is 9.05. The fourth-order valence-electron chi connectivity index (χ4n) is 3.04. The number of nitrogens with one attached hydrogen (secondary N) is 1. The molecule has 0 radical (unpaired) electrons. The number of hydrogen-bond donors (Lipinski definition) is 2. The monoisotopic (exact) mass is 374 g/mol. The topological polar surface area (TPSA) is 110 Å². The molecular weight excluding hydrogens is 359 g/mol. The Bertz CT molecular complexity index is 1240. The van der Waals surface area contributed by atoms with E-state index in [9.17, 15) is 14.4 Å². The lowest BCUT2D eigenvalue weighted by Gasteiger charge is -2.09. The van der Waals surface area contributed by atoms with Crippen molar-refractivity contribution < 1.29 is 9.18 Å². The number of amides is 1. The van der Waals surface area contributed by atoms with Crippen LogP contribution in [0.1, 0.15) is 15.9 Å². The highest BCUT2D eigenvalue weighted by Gasteiger charge is 2.18. The van der Waals surface area contributed by atoms with E-state index in [4.69, 9.17) is 5.73 Å². The molecule has 8 heteroatoms. The maximum atomic E-state index is 13.0. The summed E-state index contributed by atoms with van der Waals surface area (Å²) in [6.45, 7) is 0.563. The first-order chi connectivity index (χ1) is 13.6. The number of nitrogens with two attached hydrogens (primary N) is 1. The summed E-state index contributed by atoms with van der Waals surface area (Å²) in [5, 5.41) is 12.2. The van der Waals surface area contributed by atoms with Crippen LogP contribution in [-0.4, -0.2) is 27.0 Å². The third kappa shape index (κ3) is 2.99. The van der Waals surface area contributed by atoms with Crippen LogP contribution in [0.25, 0.3) is 22.2 Å². The summed E-state index contributed by atoms with van der Waals surface area (Å²) in [6, 6.07) is 14.7. The van der Waals surface area contributed by atoms with Crippen LogP contribution in [0.5, 0.6) is 0 Å². The zero-order chi connectivity index (χ0) is 19.7. The Morgan fingerprint density at radius 3 is 2.50 bits per heavy atom. The number of fused-ring (bicyclic) bond motifs is 2. The minimum Gasteiger partial charge on any atom is -0.384 e. The number of nitrogens with zero attached hydrogens (tertiary/aromatic N) is 4. The molecule has 2 aromatic carbocycles. The molecule has 3 N–H and O–H groups in total. The number of benzene rings is 2. The number of anilines is 1. The van der Waals surface area contributed by atoms with E-state index in [1.807, 2.05) is 24.3 Å². The Kier molecular flexibility index (Phi) is 4.33. The van der Waals surface area contributed by atoms with Crippen molar-refractivity contribution in [1.82, 2.24) is 19.9 Å². The van der Waals surface area contributed by atoms with E-state index in [0.29, 0.717) is 34.3 Å². The third-order valence-corrected chi connectivity index (χ3v) is 4.43. The molecule has 0 saturated heterocycles. The second-order valence-electron chi connectivity index (χ2n) is 6.17. The lowest BCUT2D eigenvalue weighted by atomic mass is 10.2. The van der Waals surface area contributed by atoms with Gasteiger partial charge in [0.05, 0.1) is 11.0 Å². The lowest BCUT2D eigenvalue weighted by molar-refractivity contribution is 0.0952. The molecule has 138 valence electrons. The Balaban J connectivity index is 1.62. The van der Waals surface area contributed by atoms with Gasteiger partial charge in [-0.25, -0.2) is 14.4 Å². The minimum absolute atomic E-state index is 0.254. The molecule has 7 nitrogen and oxygen atoms in total. The van der Waals surface area contributed by atoms with E-state index in [1.54, 1.807) is 4.57 Å². The number of aromatic nitrogens is 3. The van der Waals surface area contributed by atoms with E-state index in [1.165, 1.54) is 24.3 Å². The summed E-state index contributed by atoms with van der Waals surface area (Å²) >= 11 is 0. The summed E-state index contributed by atoms with van der Waals surface area (Å²) in [4.78, 5) is 21.3. The maximum Gasteiger partial charge on any atom is 0.251 e. The van der Waals surface area contributed by atoms with Gasteiger partial charge in [0.15, 0.2) is 5.65 Å². The average Bonchev–Trinajstić information content (AvgIpc) is 2.96. The van der Waals surface area contributed by atoms with Crippen molar-refractivity contribution in [2.24, 2.45) is 0 Å². The second-order valence-corrected chi connectivity index (χ2v) is 6.17. The molecule has 0 atom stereocenters. The Morgan fingerprint density at radius 1 is 1.14 bits per heavy atom. The van der Waals surface area contributed by atoms with Crippen molar-refractivity contribution in [3.8, 4) is 6.07 Å². The van der Waals surface area contributed by atoms with Crippen LogP contribution in [-0.2, 0) is 6.54 Å². The summed E-state index contributed by atoms with van der Waals surface area (Å²) < 4.78 is 14.6. The number of rotatable bonds is 4. The van der Waals surface area contributed by atoms with Gasteiger partial charge in [-0.1, -0.05) is 12.1 Å². The molecule has 0 aliphatic rings. The smallest absolute Gasteiger partial charge is 0.251 e. The standard InChI is InChI=1S/C20H15FN6O/c21-13-7-5-12(6-8-13)20(28)24-9-10-27-18(23)14(11-22)17-19(27)26-16-4-2-1-3-15(16)25-17/h1-8H,9-10,23H2,(H,24,28). The van der Waals surface area contributed by atoms with Gasteiger partial charge < -0.3 is 15.6 Å². The molecule has 0 fully saturated rings. The molecule has 0 bridgehead atoms. The van der Waals surface area contributed by atoms with Crippen molar-refractivity contribution in [3.05, 3.63) is 65.5 Å². The van der Waals surface area contributed by atoms with E-state index < -0.39 is 5.82 Å². The van der Waals surface area contributed by atoms with Crippen LogP contribution in [0.4, 0.5) is 10.2 Å². The molecule has 1 amide bonds. The summed E-state index contributed by atoms with van der Waals surface area (Å²) in [6.07, 6.45) is 0. The number of carbonyl (C=O) groups excluding carboxylic acids is 1. The van der Waals surface area contributed by atoms with Gasteiger partial charge in [0.2, 0.25) is 0 Å². The highest BCUT2D eigenvalue weighted by Crippen LogP contribution is 2.26. The third-order valence-electron chi connectivity index (χ3n) is 4.43. The average molecular weight is 374 g/mol. The largest absolute Gasteiger partial charge is 0.384 e. The first-order valence-corrected chi connectivity index (χ1v) is 8.57. The van der Waals surface area contributed by atoms with Crippen molar-refractivity contribution in [2.75, 3.05) is 12.3 Å². The number of carbonyl (C=O) groups is 1. The molecule has 0 unspecified atom stereocenters. The van der Waals surface area contributed by atoms with Gasteiger partial charge in [0.1, 0.15) is 28.8 Å². The van der Waals surface area contributed by atoms with Gasteiger partial charge in [0.25, 0.3) is 5.91 Å². The second kappa shape index (κ2) is 6.96. The fourth-order valence-corrected chi connectivity index (χ4v) is 3.04. The van der Waals surface area contributed by atoms with Crippen LogP contribution < -0.4 is 11.1 Å². The van der Waals surface area contributed by atoms with E-state index in [0.717, 1.165) is 0 Å². The zero-order valence-electron chi connectivity index (χ0n) is 14.7. The molecule has 4 rings (SSSR count). The molecule has 2 heterocycles. The van der Waals surface area contributed by atoms with Gasteiger partial charge in [-0.3, -0.25) is 4.79 Å². The van der Waals surface area contributed by atoms with Crippen LogP contribution in [0.3, 0.4) is 0 Å². The highest BCUT2D eigenvalue weighted by molar-refractivity contribution is 5.94. The Labute approximate surface area is 159 Å². The molecule has 2 aromatic heterocycles. The first kappa shape index (κ1) is 17.4. The van der Waals surface area contributed by atoms with Crippen molar-refractivity contribution in [1.29, 1.82) is 5.26 Å². The van der Waals surface area contributed by atoms with E-state index in [-0.39, 0.29) is 23.8 Å². The van der Waals surface area contributed by atoms with Crippen molar-refractivity contribution in [3.63, 3.8) is 0 Å². The molecule has 0 saturated carbocycles. The molecule has 0 aliphatic carbocycles. The lowest BCUT2D eigenvalue weighted by Crippen LogP contribution is -2.27. The summed E-state index contributed by atoms with van der Waals surface area (Å²) in [7, 11) is 0. The van der Waals surface area contributed by atoms with Crippen molar-refractivity contribution in [2.45, 2.75) is 6.54 Å². The van der Waals surface area contributed by atoms with Gasteiger partial charge in [-0.15, -0.1) is 0 Å². The minimum atomic E-state index is -0.405. The predicted molar refractivity (Wildman–Crippen MR) is 103 cm³/mol. The van der Waals surface area contributed by atoms with Crippen molar-refractivity contribution >= 4 is 33.9 Å². The molecular formula is C20H15FN6O. The van der Waals surface area contributed by atoms with Gasteiger partial charge in [-0.05, 0) is 36.4 Å². The molecule has 28 heavy (non-hydrogen) atoms. The van der Waals surface area contributed by atoms with Crippen LogP contribution in [0, 0.1) is 17.1 Å². The Morgan fingerprint density at radius 2 is 1.82 bits per heavy atom. The molecule has 0 aliphatic heterocycles. The fraction of sp³-hybridized carbons (Fsp3) is 0.100. The number of hydrogen-bond acceptors (Lipinski definition) is 5. The SMILES string of the molecule is N#Cc1c(N)n(CCNC(=O)c2ccc(F)cc2)c2nc3ccccc3nc12. The number of para-hydroxylation sites is 2.